The van der Waals surface area contributed by atoms with Crippen LogP contribution in [-0.2, 0) is 30.3 Å². The number of carbonyl (C=O) groups is 1. The van der Waals surface area contributed by atoms with E-state index >= 15 is 0 Å². The van der Waals surface area contributed by atoms with E-state index < -0.39 is 0 Å². The Kier molecular flexibility index (Phi) is 12.7. The topological polar surface area (TPSA) is 78.1 Å². The van der Waals surface area contributed by atoms with Gasteiger partial charge in [-0.15, -0.1) is 0 Å². The number of hydrogen-bond acceptors (Lipinski definition) is 6. The predicted molar refractivity (Wildman–Crippen MR) is 173 cm³/mol. The Bertz CT molecular complexity index is 1120. The van der Waals surface area contributed by atoms with Gasteiger partial charge in [0.1, 0.15) is 6.10 Å². The zero-order chi connectivity index (χ0) is 30.7. The van der Waals surface area contributed by atoms with Crippen molar-refractivity contribution < 1.29 is 23.7 Å². The molecule has 44 heavy (non-hydrogen) atoms. The fraction of sp³-hybridized carbons (Fsp3) is 0.649. The van der Waals surface area contributed by atoms with Crippen molar-refractivity contribution in [2.75, 3.05) is 20.3 Å². The first kappa shape index (κ1) is 33.1. The molecule has 7 nitrogen and oxygen atoms in total. The van der Waals surface area contributed by atoms with Crippen LogP contribution in [0.5, 0.6) is 0 Å². The summed E-state index contributed by atoms with van der Waals surface area (Å²) in [5.74, 6) is 0.414. The summed E-state index contributed by atoms with van der Waals surface area (Å²) in [6.07, 6.45) is 10.8. The quantitative estimate of drug-likeness (QED) is 0.246. The number of carbonyl (C=O) groups excluding carboxylic acids is 1. The minimum Gasteiger partial charge on any atom is -0.379 e. The van der Waals surface area contributed by atoms with Gasteiger partial charge in [-0.1, -0.05) is 80.8 Å². The molecule has 3 aliphatic rings. The maximum atomic E-state index is 13.4. The van der Waals surface area contributed by atoms with Gasteiger partial charge in [0.15, 0.2) is 6.29 Å². The molecule has 7 atom stereocenters. The van der Waals surface area contributed by atoms with Gasteiger partial charge >= 0.3 is 0 Å². The average molecular weight is 607 g/mol. The molecule has 242 valence electrons. The monoisotopic (exact) mass is 606 g/mol. The number of hydrogen-bond donors (Lipinski definition) is 2. The van der Waals surface area contributed by atoms with E-state index in [1.54, 1.807) is 7.11 Å². The largest absolute Gasteiger partial charge is 0.379 e. The Hall–Kier alpha value is -2.29. The molecule has 1 amide bonds. The molecule has 1 aliphatic carbocycles. The highest BCUT2D eigenvalue weighted by Crippen LogP contribution is 2.33. The number of ether oxygens (including phenoxy) is 4. The lowest BCUT2D eigenvalue weighted by molar-refractivity contribution is -0.229. The van der Waals surface area contributed by atoms with E-state index in [4.69, 9.17) is 18.9 Å². The van der Waals surface area contributed by atoms with Crippen molar-refractivity contribution in [2.45, 2.75) is 127 Å². The van der Waals surface area contributed by atoms with Gasteiger partial charge in [-0.25, -0.2) is 0 Å². The summed E-state index contributed by atoms with van der Waals surface area (Å²) in [5.41, 5.74) is 3.70. The van der Waals surface area contributed by atoms with Crippen LogP contribution < -0.4 is 10.6 Å². The summed E-state index contributed by atoms with van der Waals surface area (Å²) in [6.45, 7) is 6.07. The van der Waals surface area contributed by atoms with E-state index in [-0.39, 0.29) is 48.5 Å². The second kappa shape index (κ2) is 16.9. The van der Waals surface area contributed by atoms with Gasteiger partial charge in [0.05, 0.1) is 37.4 Å². The van der Waals surface area contributed by atoms with Crippen LogP contribution in [0.1, 0.15) is 107 Å². The number of amides is 1. The zero-order valence-electron chi connectivity index (χ0n) is 27.0. The molecule has 2 aliphatic heterocycles. The molecule has 2 heterocycles. The lowest BCUT2D eigenvalue weighted by Gasteiger charge is -2.35. The average Bonchev–Trinajstić information content (AvgIpc) is 3.60. The molecule has 2 N–H and O–H groups in total. The van der Waals surface area contributed by atoms with Gasteiger partial charge in [0.2, 0.25) is 5.91 Å². The first-order valence-corrected chi connectivity index (χ1v) is 17.1. The molecule has 0 spiro atoms. The minimum atomic E-state index is -0.358. The molecule has 2 aromatic carbocycles. The van der Waals surface area contributed by atoms with E-state index in [2.05, 4.69) is 47.0 Å². The second-order valence-electron chi connectivity index (χ2n) is 13.2. The molecule has 7 heteroatoms. The molecule has 2 unspecified atom stereocenters. The van der Waals surface area contributed by atoms with E-state index in [1.165, 1.54) is 43.2 Å². The summed E-state index contributed by atoms with van der Waals surface area (Å²) in [7, 11) is 1.70. The van der Waals surface area contributed by atoms with Crippen LogP contribution in [0.4, 0.5) is 0 Å². The summed E-state index contributed by atoms with van der Waals surface area (Å²) in [6, 6.07) is 19.1. The fourth-order valence-electron chi connectivity index (χ4n) is 7.30. The van der Waals surface area contributed by atoms with Gasteiger partial charge in [-0.3, -0.25) is 4.79 Å². The maximum absolute atomic E-state index is 13.4. The number of benzene rings is 2. The molecular formula is C37H54N2O5. The summed E-state index contributed by atoms with van der Waals surface area (Å²) in [4.78, 5) is 13.4. The maximum Gasteiger partial charge on any atom is 0.225 e. The zero-order valence-corrected chi connectivity index (χ0v) is 27.0. The van der Waals surface area contributed by atoms with Crippen molar-refractivity contribution in [3.63, 3.8) is 0 Å². The molecule has 5 rings (SSSR count). The Morgan fingerprint density at radius 3 is 2.41 bits per heavy atom. The van der Waals surface area contributed by atoms with Crippen LogP contribution >= 0.6 is 0 Å². The third-order valence-electron chi connectivity index (χ3n) is 9.86. The molecule has 0 radical (unpaired) electrons. The summed E-state index contributed by atoms with van der Waals surface area (Å²) >= 11 is 0. The highest BCUT2D eigenvalue weighted by atomic mass is 16.7. The summed E-state index contributed by atoms with van der Waals surface area (Å²) in [5, 5.41) is 6.73. The third kappa shape index (κ3) is 9.13. The lowest BCUT2D eigenvalue weighted by atomic mass is 9.84. The predicted octanol–water partition coefficient (Wildman–Crippen LogP) is 6.81. The van der Waals surface area contributed by atoms with Crippen LogP contribution in [0.25, 0.3) is 0 Å². The third-order valence-corrected chi connectivity index (χ3v) is 9.86. The van der Waals surface area contributed by atoms with Crippen LogP contribution in [-0.4, -0.2) is 56.8 Å². The van der Waals surface area contributed by atoms with Gasteiger partial charge in [-0.2, -0.15) is 0 Å². The van der Waals surface area contributed by atoms with Gasteiger partial charge in [0.25, 0.3) is 0 Å². The number of nitrogens with one attached hydrogen (secondary N) is 2. The van der Waals surface area contributed by atoms with E-state index in [0.717, 1.165) is 50.1 Å². The van der Waals surface area contributed by atoms with Crippen molar-refractivity contribution in [2.24, 2.45) is 5.92 Å². The standard InChI is InChI=1S/C37H54N2O5/c1-26(35(41-3)33-17-11-23-38-33)37(40)39-27(2)36(31-14-8-5-9-15-31)44-34-18-10-16-32(43-34)25-42-24-28-19-21-30(22-20-28)29-12-6-4-7-13-29/h5,8-9,14-15,19-22,26-27,29,32-36,38H,4,6-7,10-13,16-18,23-25H2,1-3H3,(H,39,40)/t26-,27-,32?,33+,34?,35-,36-/m1/s1. The van der Waals surface area contributed by atoms with E-state index in [1.807, 2.05) is 32.0 Å². The summed E-state index contributed by atoms with van der Waals surface area (Å²) < 4.78 is 25.0. The fourth-order valence-corrected chi connectivity index (χ4v) is 7.30. The minimum absolute atomic E-state index is 0.0158. The molecule has 2 aromatic rings. The van der Waals surface area contributed by atoms with Crippen molar-refractivity contribution in [3.8, 4) is 0 Å². The highest BCUT2D eigenvalue weighted by Gasteiger charge is 2.35. The van der Waals surface area contributed by atoms with Gasteiger partial charge in [-0.05, 0) is 81.0 Å². The van der Waals surface area contributed by atoms with Crippen molar-refractivity contribution >= 4 is 5.91 Å². The lowest BCUT2D eigenvalue weighted by Crippen LogP contribution is -2.49. The SMILES string of the molecule is CO[C@@H]([C@@H]1CCCN1)[C@@H](C)C(=O)N[C@H](C)[C@@H](OC1CCCC(COCc2ccc(C3CCCCC3)cc2)O1)c1ccccc1. The van der Waals surface area contributed by atoms with Crippen LogP contribution in [0.2, 0.25) is 0 Å². The first-order valence-electron chi connectivity index (χ1n) is 17.1. The molecule has 1 saturated carbocycles. The van der Waals surface area contributed by atoms with Gasteiger partial charge in [0, 0.05) is 13.2 Å². The van der Waals surface area contributed by atoms with Crippen LogP contribution in [0.3, 0.4) is 0 Å². The Morgan fingerprint density at radius 1 is 0.932 bits per heavy atom. The van der Waals surface area contributed by atoms with E-state index in [9.17, 15) is 4.79 Å². The van der Waals surface area contributed by atoms with Crippen LogP contribution in [0.15, 0.2) is 54.6 Å². The second-order valence-corrected chi connectivity index (χ2v) is 13.2. The van der Waals surface area contributed by atoms with Crippen molar-refractivity contribution in [3.05, 3.63) is 71.3 Å². The number of methoxy groups -OCH3 is 1. The Balaban J connectivity index is 1.13. The smallest absolute Gasteiger partial charge is 0.225 e. The molecule has 3 fully saturated rings. The Labute approximate surface area is 264 Å². The number of rotatable bonds is 14. The first-order chi connectivity index (χ1) is 21.5. The van der Waals surface area contributed by atoms with Gasteiger partial charge < -0.3 is 29.6 Å². The molecule has 0 aromatic heterocycles. The van der Waals surface area contributed by atoms with Crippen molar-refractivity contribution in [1.29, 1.82) is 0 Å². The molecule has 2 saturated heterocycles. The highest BCUT2D eigenvalue weighted by molar-refractivity contribution is 5.79. The normalized spacial score (nSPS) is 25.7. The Morgan fingerprint density at radius 2 is 1.70 bits per heavy atom. The molecule has 0 bridgehead atoms. The van der Waals surface area contributed by atoms with Crippen molar-refractivity contribution in [1.82, 2.24) is 10.6 Å². The van der Waals surface area contributed by atoms with Crippen LogP contribution in [0, 0.1) is 5.92 Å². The van der Waals surface area contributed by atoms with E-state index in [0.29, 0.717) is 13.2 Å². The molecular weight excluding hydrogens is 552 g/mol.